The monoisotopic (exact) mass is 466 g/mol. The number of nitrogens with zero attached hydrogens (tertiary/aromatic N) is 2. The lowest BCUT2D eigenvalue weighted by Gasteiger charge is -2.25. The van der Waals surface area contributed by atoms with Gasteiger partial charge in [-0.2, -0.15) is 0 Å². The number of hydrogen-bond acceptors (Lipinski definition) is 5. The van der Waals surface area contributed by atoms with Crippen molar-refractivity contribution in [3.63, 3.8) is 0 Å². The number of methoxy groups -OCH3 is 1. The Labute approximate surface area is 199 Å². The highest BCUT2D eigenvalue weighted by atomic mass is 16.6. The summed E-state index contributed by atoms with van der Waals surface area (Å²) in [6.45, 7) is 3.50. The number of rotatable bonds is 7. The standard InChI is InChI=1S/C25H30N4O5/c1-17(19-9-6-10-20(13-19)28-12-11-26-24(28)31)27-23(30)22-14-21(33-2)15-29(22)25(32)34-16-18-7-4-3-5-8-18/h3-10,13,17,21-22H,11-12,14-16H2,1-2H3,(H,26,31)(H,27,30)/t17?,21-,22-/m1/s1. The Morgan fingerprint density at radius 1 is 1.18 bits per heavy atom. The van der Waals surface area contributed by atoms with Gasteiger partial charge in [-0.3, -0.25) is 14.6 Å². The lowest BCUT2D eigenvalue weighted by Crippen LogP contribution is -2.46. The van der Waals surface area contributed by atoms with Crippen molar-refractivity contribution in [3.8, 4) is 0 Å². The third-order valence-corrected chi connectivity index (χ3v) is 6.24. The molecule has 9 nitrogen and oxygen atoms in total. The van der Waals surface area contributed by atoms with E-state index in [-0.39, 0.29) is 37.2 Å². The molecule has 3 atom stereocenters. The molecule has 2 aromatic carbocycles. The zero-order valence-corrected chi connectivity index (χ0v) is 19.4. The van der Waals surface area contributed by atoms with Crippen molar-refractivity contribution in [2.75, 3.05) is 31.6 Å². The molecule has 2 heterocycles. The Hall–Kier alpha value is -3.59. The number of ether oxygens (including phenoxy) is 2. The molecule has 0 bridgehead atoms. The molecule has 2 fully saturated rings. The van der Waals surface area contributed by atoms with E-state index in [1.807, 2.05) is 61.5 Å². The molecule has 0 spiro atoms. The van der Waals surface area contributed by atoms with Crippen molar-refractivity contribution < 1.29 is 23.9 Å². The average molecular weight is 467 g/mol. The first-order valence-corrected chi connectivity index (χ1v) is 11.4. The maximum atomic E-state index is 13.2. The minimum atomic E-state index is -0.691. The van der Waals surface area contributed by atoms with Gasteiger partial charge in [0.05, 0.1) is 18.7 Å². The molecule has 180 valence electrons. The highest BCUT2D eigenvalue weighted by Gasteiger charge is 2.41. The van der Waals surface area contributed by atoms with E-state index in [1.165, 1.54) is 4.90 Å². The van der Waals surface area contributed by atoms with Gasteiger partial charge in [0, 0.05) is 32.3 Å². The van der Waals surface area contributed by atoms with Crippen LogP contribution >= 0.6 is 0 Å². The summed E-state index contributed by atoms with van der Waals surface area (Å²) >= 11 is 0. The first-order chi connectivity index (χ1) is 16.5. The molecule has 0 saturated carbocycles. The summed E-state index contributed by atoms with van der Waals surface area (Å²) in [4.78, 5) is 41.1. The second-order valence-corrected chi connectivity index (χ2v) is 8.51. The van der Waals surface area contributed by atoms with Gasteiger partial charge in [0.25, 0.3) is 0 Å². The van der Waals surface area contributed by atoms with Crippen LogP contribution in [0.2, 0.25) is 0 Å². The smallest absolute Gasteiger partial charge is 0.410 e. The fraction of sp³-hybridized carbons (Fsp3) is 0.400. The predicted molar refractivity (Wildman–Crippen MR) is 126 cm³/mol. The first kappa shape index (κ1) is 23.6. The molecule has 2 aliphatic heterocycles. The van der Waals surface area contributed by atoms with Gasteiger partial charge in [-0.05, 0) is 30.2 Å². The molecular formula is C25H30N4O5. The van der Waals surface area contributed by atoms with Gasteiger partial charge in [-0.15, -0.1) is 0 Å². The highest BCUT2D eigenvalue weighted by Crippen LogP contribution is 2.25. The Bertz CT molecular complexity index is 1030. The summed E-state index contributed by atoms with van der Waals surface area (Å²) in [5, 5.41) is 5.80. The van der Waals surface area contributed by atoms with Gasteiger partial charge in [0.15, 0.2) is 0 Å². The SMILES string of the molecule is CO[C@@H]1C[C@H](C(=O)NC(C)c2cccc(N3CCNC3=O)c2)N(C(=O)OCc2ccccc2)C1. The second kappa shape index (κ2) is 10.6. The van der Waals surface area contributed by atoms with E-state index in [0.717, 1.165) is 16.8 Å². The third-order valence-electron chi connectivity index (χ3n) is 6.24. The number of likely N-dealkylation sites (tertiary alicyclic amines) is 1. The number of hydrogen-bond donors (Lipinski definition) is 2. The van der Waals surface area contributed by atoms with E-state index in [4.69, 9.17) is 9.47 Å². The maximum Gasteiger partial charge on any atom is 0.410 e. The zero-order valence-electron chi connectivity index (χ0n) is 19.4. The van der Waals surface area contributed by atoms with Crippen LogP contribution in [0, 0.1) is 0 Å². The molecule has 9 heteroatoms. The number of urea groups is 1. The van der Waals surface area contributed by atoms with Crippen LogP contribution in [-0.4, -0.2) is 61.8 Å². The summed E-state index contributed by atoms with van der Waals surface area (Å²) in [7, 11) is 1.57. The van der Waals surface area contributed by atoms with Crippen molar-refractivity contribution >= 4 is 23.7 Å². The van der Waals surface area contributed by atoms with Gasteiger partial charge in [0.1, 0.15) is 12.6 Å². The zero-order chi connectivity index (χ0) is 24.1. The number of benzene rings is 2. The molecule has 4 rings (SSSR count). The maximum absolute atomic E-state index is 13.2. The molecule has 0 radical (unpaired) electrons. The van der Waals surface area contributed by atoms with Crippen molar-refractivity contribution in [2.45, 2.75) is 38.1 Å². The largest absolute Gasteiger partial charge is 0.445 e. The lowest BCUT2D eigenvalue weighted by atomic mass is 10.1. The van der Waals surface area contributed by atoms with Crippen LogP contribution in [0.4, 0.5) is 15.3 Å². The molecule has 2 aromatic rings. The summed E-state index contributed by atoms with van der Waals surface area (Å²) < 4.78 is 10.9. The Kier molecular flexibility index (Phi) is 7.32. The van der Waals surface area contributed by atoms with E-state index < -0.39 is 12.1 Å². The van der Waals surface area contributed by atoms with Crippen molar-refractivity contribution in [1.29, 1.82) is 0 Å². The van der Waals surface area contributed by atoms with E-state index in [0.29, 0.717) is 19.5 Å². The molecule has 0 aliphatic carbocycles. The predicted octanol–water partition coefficient (Wildman–Crippen LogP) is 2.82. The molecule has 2 aliphatic rings. The highest BCUT2D eigenvalue weighted by molar-refractivity contribution is 5.94. The molecule has 0 aromatic heterocycles. The average Bonchev–Trinajstić information content (AvgIpc) is 3.49. The molecular weight excluding hydrogens is 436 g/mol. The van der Waals surface area contributed by atoms with Gasteiger partial charge in [-0.1, -0.05) is 42.5 Å². The van der Waals surface area contributed by atoms with E-state index >= 15 is 0 Å². The summed E-state index contributed by atoms with van der Waals surface area (Å²) in [5.41, 5.74) is 2.52. The van der Waals surface area contributed by atoms with Crippen LogP contribution in [0.25, 0.3) is 0 Å². The number of carbonyl (C=O) groups excluding carboxylic acids is 3. The van der Waals surface area contributed by atoms with Crippen molar-refractivity contribution in [2.24, 2.45) is 0 Å². The van der Waals surface area contributed by atoms with E-state index in [2.05, 4.69) is 10.6 Å². The molecule has 34 heavy (non-hydrogen) atoms. The van der Waals surface area contributed by atoms with Gasteiger partial charge < -0.3 is 20.1 Å². The third kappa shape index (κ3) is 5.31. The Morgan fingerprint density at radius 3 is 2.68 bits per heavy atom. The molecule has 1 unspecified atom stereocenters. The quantitative estimate of drug-likeness (QED) is 0.654. The minimum absolute atomic E-state index is 0.130. The molecule has 4 amide bonds. The van der Waals surface area contributed by atoms with Gasteiger partial charge >= 0.3 is 12.1 Å². The van der Waals surface area contributed by atoms with E-state index in [1.54, 1.807) is 12.0 Å². The van der Waals surface area contributed by atoms with Gasteiger partial charge in [0.2, 0.25) is 5.91 Å². The van der Waals surface area contributed by atoms with Crippen LogP contribution in [-0.2, 0) is 20.9 Å². The summed E-state index contributed by atoms with van der Waals surface area (Å²) in [6.07, 6.45) is -0.394. The normalized spacial score (nSPS) is 20.7. The van der Waals surface area contributed by atoms with Gasteiger partial charge in [-0.25, -0.2) is 9.59 Å². The fourth-order valence-electron chi connectivity index (χ4n) is 4.29. The number of carbonyl (C=O) groups is 3. The van der Waals surface area contributed by atoms with Crippen LogP contribution in [0.15, 0.2) is 54.6 Å². The van der Waals surface area contributed by atoms with Crippen LogP contribution in [0.3, 0.4) is 0 Å². The fourth-order valence-corrected chi connectivity index (χ4v) is 4.29. The Morgan fingerprint density at radius 2 is 1.97 bits per heavy atom. The molecule has 2 N–H and O–H groups in total. The summed E-state index contributed by atoms with van der Waals surface area (Å²) in [5.74, 6) is -0.270. The van der Waals surface area contributed by atoms with Crippen molar-refractivity contribution in [1.82, 2.24) is 15.5 Å². The van der Waals surface area contributed by atoms with Crippen LogP contribution < -0.4 is 15.5 Å². The second-order valence-electron chi connectivity index (χ2n) is 8.51. The number of anilines is 1. The van der Waals surface area contributed by atoms with Crippen LogP contribution in [0.5, 0.6) is 0 Å². The minimum Gasteiger partial charge on any atom is -0.445 e. The first-order valence-electron chi connectivity index (χ1n) is 11.4. The number of nitrogens with one attached hydrogen (secondary N) is 2. The summed E-state index contributed by atoms with van der Waals surface area (Å²) in [6, 6.07) is 15.8. The number of amides is 4. The van der Waals surface area contributed by atoms with Crippen LogP contribution in [0.1, 0.15) is 30.5 Å². The van der Waals surface area contributed by atoms with E-state index in [9.17, 15) is 14.4 Å². The topological polar surface area (TPSA) is 100 Å². The molecule has 2 saturated heterocycles. The lowest BCUT2D eigenvalue weighted by molar-refractivity contribution is -0.125. The Balaban J connectivity index is 1.41. The van der Waals surface area contributed by atoms with Crippen molar-refractivity contribution in [3.05, 3.63) is 65.7 Å².